The second-order valence-corrected chi connectivity index (χ2v) is 6.94. The molecule has 2 nitrogen and oxygen atoms in total. The Bertz CT molecular complexity index is 296. The first kappa shape index (κ1) is 16.5. The van der Waals surface area contributed by atoms with Crippen LogP contribution in [0.1, 0.15) is 86.0 Å². The lowest BCUT2D eigenvalue weighted by Crippen LogP contribution is -2.49. The Morgan fingerprint density at radius 1 is 1.16 bits per heavy atom. The van der Waals surface area contributed by atoms with Gasteiger partial charge in [-0.1, -0.05) is 53.4 Å². The first-order chi connectivity index (χ1) is 8.90. The average Bonchev–Trinajstić information content (AvgIpc) is 2.83. The highest BCUT2D eigenvalue weighted by Gasteiger charge is 2.41. The fourth-order valence-electron chi connectivity index (χ4n) is 3.51. The molecule has 0 N–H and O–H groups in total. The van der Waals surface area contributed by atoms with E-state index in [2.05, 4.69) is 39.5 Å². The van der Waals surface area contributed by atoms with Gasteiger partial charge in [0, 0.05) is 18.5 Å². The van der Waals surface area contributed by atoms with Gasteiger partial charge in [0.25, 0.3) is 0 Å². The van der Waals surface area contributed by atoms with Gasteiger partial charge < -0.3 is 4.90 Å². The van der Waals surface area contributed by atoms with E-state index in [1.165, 1.54) is 25.7 Å². The van der Waals surface area contributed by atoms with E-state index >= 15 is 0 Å². The summed E-state index contributed by atoms with van der Waals surface area (Å²) >= 11 is 0. The molecular formula is C17H33NO. The van der Waals surface area contributed by atoms with Crippen molar-refractivity contribution in [3.8, 4) is 0 Å². The molecular weight excluding hydrogens is 234 g/mol. The summed E-state index contributed by atoms with van der Waals surface area (Å²) in [4.78, 5) is 14.4. The van der Waals surface area contributed by atoms with Gasteiger partial charge in [0.15, 0.2) is 0 Å². The molecule has 0 aromatic rings. The van der Waals surface area contributed by atoms with Crippen molar-refractivity contribution >= 4 is 5.91 Å². The minimum absolute atomic E-state index is 0.0738. The molecule has 0 saturated carbocycles. The van der Waals surface area contributed by atoms with Crippen LogP contribution in [0.15, 0.2) is 0 Å². The van der Waals surface area contributed by atoms with Crippen molar-refractivity contribution < 1.29 is 4.79 Å². The number of likely N-dealkylation sites (tertiary alicyclic amines) is 1. The number of hydrogen-bond acceptors (Lipinski definition) is 1. The van der Waals surface area contributed by atoms with E-state index in [1.807, 2.05) is 0 Å². The summed E-state index contributed by atoms with van der Waals surface area (Å²) in [7, 11) is 0. The molecule has 0 aliphatic carbocycles. The standard InChI is InChI=1S/C17H33NO/c1-6-9-12-17(5,14-16(4,7-2)8-3)18-13-10-11-15(18)19/h6-14H2,1-5H3. The fraction of sp³-hybridized carbons (Fsp3) is 0.941. The summed E-state index contributed by atoms with van der Waals surface area (Å²) in [5, 5.41) is 0. The van der Waals surface area contributed by atoms with Crippen molar-refractivity contribution in [1.29, 1.82) is 0 Å². The Kier molecular flexibility index (Phi) is 5.88. The first-order valence-electron chi connectivity index (χ1n) is 8.21. The Morgan fingerprint density at radius 3 is 2.21 bits per heavy atom. The van der Waals surface area contributed by atoms with Crippen molar-refractivity contribution in [2.24, 2.45) is 5.41 Å². The molecule has 19 heavy (non-hydrogen) atoms. The maximum absolute atomic E-state index is 12.2. The number of carbonyl (C=O) groups is 1. The maximum Gasteiger partial charge on any atom is 0.223 e. The molecule has 1 amide bonds. The zero-order valence-electron chi connectivity index (χ0n) is 13.7. The predicted octanol–water partition coefficient (Wildman–Crippen LogP) is 4.77. The summed E-state index contributed by atoms with van der Waals surface area (Å²) in [6.45, 7) is 12.5. The van der Waals surface area contributed by atoms with E-state index in [1.54, 1.807) is 0 Å². The van der Waals surface area contributed by atoms with Crippen LogP contribution >= 0.6 is 0 Å². The molecule has 0 radical (unpaired) electrons. The lowest BCUT2D eigenvalue weighted by atomic mass is 9.72. The smallest absolute Gasteiger partial charge is 0.223 e. The Morgan fingerprint density at radius 2 is 1.79 bits per heavy atom. The van der Waals surface area contributed by atoms with Gasteiger partial charge in [0.05, 0.1) is 0 Å². The van der Waals surface area contributed by atoms with E-state index in [-0.39, 0.29) is 5.54 Å². The van der Waals surface area contributed by atoms with Crippen molar-refractivity contribution in [2.75, 3.05) is 6.54 Å². The van der Waals surface area contributed by atoms with Crippen molar-refractivity contribution in [3.63, 3.8) is 0 Å². The molecule has 1 saturated heterocycles. The first-order valence-corrected chi connectivity index (χ1v) is 8.21. The van der Waals surface area contributed by atoms with Crippen LogP contribution in [0.2, 0.25) is 0 Å². The number of hydrogen-bond donors (Lipinski definition) is 0. The monoisotopic (exact) mass is 267 g/mol. The molecule has 2 heteroatoms. The molecule has 0 aromatic carbocycles. The topological polar surface area (TPSA) is 20.3 Å². The van der Waals surface area contributed by atoms with Crippen molar-refractivity contribution in [3.05, 3.63) is 0 Å². The normalized spacial score (nSPS) is 19.8. The third-order valence-electron chi connectivity index (χ3n) is 5.31. The summed E-state index contributed by atoms with van der Waals surface area (Å²) < 4.78 is 0. The number of unbranched alkanes of at least 4 members (excludes halogenated alkanes) is 1. The van der Waals surface area contributed by atoms with Gasteiger partial charge in [0.1, 0.15) is 0 Å². The Labute approximate surface area is 119 Å². The SMILES string of the molecule is CCCCC(C)(CC(C)(CC)CC)N1CCCC1=O. The third-order valence-corrected chi connectivity index (χ3v) is 5.31. The van der Waals surface area contributed by atoms with E-state index in [0.717, 1.165) is 32.2 Å². The predicted molar refractivity (Wildman–Crippen MR) is 82.2 cm³/mol. The molecule has 1 aliphatic heterocycles. The summed E-state index contributed by atoms with van der Waals surface area (Å²) in [6.07, 6.45) is 8.96. The molecule has 1 fully saturated rings. The second-order valence-electron chi connectivity index (χ2n) is 6.94. The van der Waals surface area contributed by atoms with Gasteiger partial charge >= 0.3 is 0 Å². The van der Waals surface area contributed by atoms with Crippen LogP contribution in [-0.4, -0.2) is 22.9 Å². The lowest BCUT2D eigenvalue weighted by molar-refractivity contribution is -0.134. The molecule has 1 aliphatic rings. The summed E-state index contributed by atoms with van der Waals surface area (Å²) in [5.74, 6) is 0.383. The molecule has 0 bridgehead atoms. The van der Waals surface area contributed by atoms with E-state index in [9.17, 15) is 4.79 Å². The minimum atomic E-state index is 0.0738. The van der Waals surface area contributed by atoms with Crippen LogP contribution in [0.25, 0.3) is 0 Å². The highest BCUT2D eigenvalue weighted by atomic mass is 16.2. The van der Waals surface area contributed by atoms with Gasteiger partial charge in [-0.15, -0.1) is 0 Å². The number of carbonyl (C=O) groups excluding carboxylic acids is 1. The highest BCUT2D eigenvalue weighted by molar-refractivity contribution is 5.78. The molecule has 1 unspecified atom stereocenters. The fourth-order valence-corrected chi connectivity index (χ4v) is 3.51. The number of amides is 1. The van der Waals surface area contributed by atoms with Gasteiger partial charge in [-0.25, -0.2) is 0 Å². The molecule has 0 aromatic heterocycles. The largest absolute Gasteiger partial charge is 0.337 e. The number of rotatable bonds is 8. The zero-order valence-corrected chi connectivity index (χ0v) is 13.7. The van der Waals surface area contributed by atoms with Crippen LogP contribution < -0.4 is 0 Å². The third kappa shape index (κ3) is 3.97. The quantitative estimate of drug-likeness (QED) is 0.620. The molecule has 112 valence electrons. The van der Waals surface area contributed by atoms with Gasteiger partial charge in [-0.05, 0) is 31.6 Å². The lowest BCUT2D eigenvalue weighted by Gasteiger charge is -2.45. The van der Waals surface area contributed by atoms with Crippen molar-refractivity contribution in [1.82, 2.24) is 4.90 Å². The number of nitrogens with zero attached hydrogens (tertiary/aromatic N) is 1. The van der Waals surface area contributed by atoms with Crippen molar-refractivity contribution in [2.45, 2.75) is 91.5 Å². The minimum Gasteiger partial charge on any atom is -0.337 e. The summed E-state index contributed by atoms with van der Waals surface area (Å²) in [5.41, 5.74) is 0.440. The molecule has 1 atom stereocenters. The van der Waals surface area contributed by atoms with Gasteiger partial charge in [0.2, 0.25) is 5.91 Å². The summed E-state index contributed by atoms with van der Waals surface area (Å²) in [6, 6.07) is 0. The molecule has 0 spiro atoms. The van der Waals surface area contributed by atoms with Crippen LogP contribution in [-0.2, 0) is 4.79 Å². The van der Waals surface area contributed by atoms with Crippen LogP contribution in [0.3, 0.4) is 0 Å². The molecule has 1 heterocycles. The van der Waals surface area contributed by atoms with Crippen LogP contribution in [0.4, 0.5) is 0 Å². The zero-order chi connectivity index (χ0) is 14.5. The van der Waals surface area contributed by atoms with Gasteiger partial charge in [-0.3, -0.25) is 4.79 Å². The molecule has 1 rings (SSSR count). The second kappa shape index (κ2) is 6.76. The average molecular weight is 267 g/mol. The Balaban J connectivity index is 2.88. The van der Waals surface area contributed by atoms with E-state index in [4.69, 9.17) is 0 Å². The van der Waals surface area contributed by atoms with Gasteiger partial charge in [-0.2, -0.15) is 0 Å². The highest BCUT2D eigenvalue weighted by Crippen LogP contribution is 2.41. The Hall–Kier alpha value is -0.530. The van der Waals surface area contributed by atoms with E-state index in [0.29, 0.717) is 11.3 Å². The van der Waals surface area contributed by atoms with Crippen LogP contribution in [0.5, 0.6) is 0 Å². The van der Waals surface area contributed by atoms with E-state index < -0.39 is 0 Å². The maximum atomic E-state index is 12.2. The van der Waals surface area contributed by atoms with Crippen LogP contribution in [0, 0.1) is 5.41 Å².